The minimum atomic E-state index is 0.850. The molecule has 0 saturated carbocycles. The number of thiophene rings is 1. The van der Waals surface area contributed by atoms with Crippen LogP contribution < -0.4 is 4.78 Å². The highest BCUT2D eigenvalue weighted by molar-refractivity contribution is 7.26. The van der Waals surface area contributed by atoms with Gasteiger partial charge in [0.1, 0.15) is 7.85 Å². The molecule has 0 N–H and O–H groups in total. The predicted octanol–water partition coefficient (Wildman–Crippen LogP) is 1.09. The third kappa shape index (κ3) is 0.828. The number of fused-ring (bicyclic) bond motifs is 1. The van der Waals surface area contributed by atoms with Crippen LogP contribution in [-0.4, -0.2) is 12.8 Å². The van der Waals surface area contributed by atoms with Gasteiger partial charge in [-0.25, -0.2) is 0 Å². The number of nitrogens with zero attached hydrogens (tertiary/aromatic N) is 1. The summed E-state index contributed by atoms with van der Waals surface area (Å²) in [5.41, 5.74) is 0. The van der Waals surface area contributed by atoms with Crippen molar-refractivity contribution in [1.29, 1.82) is 0 Å². The second kappa shape index (κ2) is 2.09. The highest BCUT2D eigenvalue weighted by Crippen LogP contribution is 2.15. The van der Waals surface area contributed by atoms with Crippen LogP contribution in [0.3, 0.4) is 0 Å². The predicted molar refractivity (Wildman–Crippen MR) is 45.0 cm³/mol. The fraction of sp³-hybridized carbons (Fsp3) is 0. The van der Waals surface area contributed by atoms with Crippen LogP contribution >= 0.6 is 11.3 Å². The van der Waals surface area contributed by atoms with Crippen LogP contribution in [-0.2, 0) is 0 Å². The summed E-state index contributed by atoms with van der Waals surface area (Å²) in [6, 6.07) is 3.91. The van der Waals surface area contributed by atoms with Crippen molar-refractivity contribution in [1.82, 2.24) is 4.98 Å². The van der Waals surface area contributed by atoms with E-state index < -0.39 is 0 Å². The van der Waals surface area contributed by atoms with Crippen molar-refractivity contribution in [2.24, 2.45) is 0 Å². The molecule has 2 rings (SSSR count). The first-order valence-corrected chi connectivity index (χ1v) is 3.77. The molecule has 0 aliphatic heterocycles. The lowest BCUT2D eigenvalue weighted by atomic mass is 10.1. The largest absolute Gasteiger partial charge is 0.264 e. The molecule has 0 spiro atoms. The molecule has 0 saturated heterocycles. The summed E-state index contributed by atoms with van der Waals surface area (Å²) in [6.07, 6.45) is 3.60. The van der Waals surface area contributed by atoms with E-state index in [0.717, 1.165) is 10.2 Å². The Labute approximate surface area is 64.1 Å². The molecular weight excluding hydrogens is 141 g/mol. The molecule has 0 bridgehead atoms. The lowest BCUT2D eigenvalue weighted by Crippen LogP contribution is -1.88. The Morgan fingerprint density at radius 2 is 2.40 bits per heavy atom. The SMILES string of the molecule is [B]c1cc2cnccc2s1. The van der Waals surface area contributed by atoms with Crippen molar-refractivity contribution >= 4 is 34.0 Å². The van der Waals surface area contributed by atoms with Crippen molar-refractivity contribution in [3.63, 3.8) is 0 Å². The van der Waals surface area contributed by atoms with E-state index in [9.17, 15) is 0 Å². The van der Waals surface area contributed by atoms with Gasteiger partial charge in [0, 0.05) is 22.5 Å². The van der Waals surface area contributed by atoms with E-state index in [4.69, 9.17) is 7.85 Å². The standard InChI is InChI=1S/C7H4BNS/c8-7-3-5-4-9-2-1-6(5)10-7/h1-4H. The van der Waals surface area contributed by atoms with Crippen LogP contribution in [0.25, 0.3) is 10.1 Å². The Hall–Kier alpha value is -0.825. The molecule has 10 heavy (non-hydrogen) atoms. The molecule has 2 aromatic rings. The first kappa shape index (κ1) is 5.92. The van der Waals surface area contributed by atoms with E-state index in [2.05, 4.69) is 4.98 Å². The minimum absolute atomic E-state index is 0.850. The average molecular weight is 145 g/mol. The number of rotatable bonds is 0. The maximum absolute atomic E-state index is 5.58. The van der Waals surface area contributed by atoms with Crippen molar-refractivity contribution in [2.75, 3.05) is 0 Å². The molecule has 1 nitrogen and oxygen atoms in total. The Morgan fingerprint density at radius 1 is 1.50 bits per heavy atom. The Morgan fingerprint density at radius 3 is 3.20 bits per heavy atom. The summed E-state index contributed by atoms with van der Waals surface area (Å²) >= 11 is 1.59. The summed E-state index contributed by atoms with van der Waals surface area (Å²) in [6.45, 7) is 0. The molecule has 0 aromatic carbocycles. The Kier molecular flexibility index (Phi) is 1.24. The van der Waals surface area contributed by atoms with E-state index in [1.54, 1.807) is 17.5 Å². The number of aromatic nitrogens is 1. The van der Waals surface area contributed by atoms with Crippen molar-refractivity contribution in [2.45, 2.75) is 0 Å². The van der Waals surface area contributed by atoms with Gasteiger partial charge in [-0.05, 0) is 16.9 Å². The minimum Gasteiger partial charge on any atom is -0.264 e. The normalized spacial score (nSPS) is 10.4. The topological polar surface area (TPSA) is 12.9 Å². The van der Waals surface area contributed by atoms with Crippen LogP contribution in [0.1, 0.15) is 0 Å². The van der Waals surface area contributed by atoms with E-state index >= 15 is 0 Å². The molecule has 0 aliphatic rings. The molecule has 3 heteroatoms. The summed E-state index contributed by atoms with van der Waals surface area (Å²) in [7, 11) is 5.58. The summed E-state index contributed by atoms with van der Waals surface area (Å²) in [5, 5.41) is 1.13. The molecule has 0 amide bonds. The van der Waals surface area contributed by atoms with Crippen LogP contribution in [0.4, 0.5) is 0 Å². The van der Waals surface area contributed by atoms with Gasteiger partial charge in [0.2, 0.25) is 0 Å². The van der Waals surface area contributed by atoms with Crippen molar-refractivity contribution in [3.8, 4) is 0 Å². The highest BCUT2D eigenvalue weighted by Gasteiger charge is 1.94. The fourth-order valence-corrected chi connectivity index (χ4v) is 1.70. The molecular formula is C7H4BNS. The first-order chi connectivity index (χ1) is 4.86. The zero-order valence-electron chi connectivity index (χ0n) is 5.24. The molecule has 0 fully saturated rings. The van der Waals surface area contributed by atoms with Gasteiger partial charge in [-0.1, -0.05) is 0 Å². The Balaban J connectivity index is 2.88. The number of pyridine rings is 1. The van der Waals surface area contributed by atoms with E-state index in [1.807, 2.05) is 18.3 Å². The van der Waals surface area contributed by atoms with Gasteiger partial charge < -0.3 is 0 Å². The second-order valence-corrected chi connectivity index (χ2v) is 3.18. The molecule has 2 heterocycles. The second-order valence-electron chi connectivity index (χ2n) is 2.06. The monoisotopic (exact) mass is 145 g/mol. The molecule has 0 atom stereocenters. The number of hydrogen-bond donors (Lipinski definition) is 0. The highest BCUT2D eigenvalue weighted by atomic mass is 32.1. The van der Waals surface area contributed by atoms with Gasteiger partial charge in [-0.3, -0.25) is 4.98 Å². The average Bonchev–Trinajstić information content (AvgIpc) is 2.27. The summed E-state index contributed by atoms with van der Waals surface area (Å²) in [4.78, 5) is 3.98. The summed E-state index contributed by atoms with van der Waals surface area (Å²) in [5.74, 6) is 0. The van der Waals surface area contributed by atoms with Gasteiger partial charge in [0.05, 0.1) is 0 Å². The molecule has 2 aromatic heterocycles. The third-order valence-electron chi connectivity index (χ3n) is 1.34. The van der Waals surface area contributed by atoms with Gasteiger partial charge in [-0.15, -0.1) is 0 Å². The molecule has 0 unspecified atom stereocenters. The van der Waals surface area contributed by atoms with Gasteiger partial charge in [-0.2, -0.15) is 11.3 Å². The maximum Gasteiger partial charge on any atom is 0.128 e. The zero-order chi connectivity index (χ0) is 6.97. The van der Waals surface area contributed by atoms with Crippen LogP contribution in [0, 0.1) is 0 Å². The summed E-state index contributed by atoms with van der Waals surface area (Å²) < 4.78 is 2.05. The Bertz CT molecular complexity index is 322. The van der Waals surface area contributed by atoms with E-state index in [1.165, 1.54) is 4.70 Å². The van der Waals surface area contributed by atoms with Crippen LogP contribution in [0.15, 0.2) is 24.5 Å². The maximum atomic E-state index is 5.58. The fourth-order valence-electron chi connectivity index (χ4n) is 0.905. The van der Waals surface area contributed by atoms with Gasteiger partial charge in [0.25, 0.3) is 0 Å². The van der Waals surface area contributed by atoms with Gasteiger partial charge >= 0.3 is 0 Å². The lowest BCUT2D eigenvalue weighted by molar-refractivity contribution is 1.37. The van der Waals surface area contributed by atoms with Crippen molar-refractivity contribution < 1.29 is 0 Å². The first-order valence-electron chi connectivity index (χ1n) is 2.95. The van der Waals surface area contributed by atoms with Gasteiger partial charge in [0.15, 0.2) is 0 Å². The quantitative estimate of drug-likeness (QED) is 0.505. The van der Waals surface area contributed by atoms with E-state index in [-0.39, 0.29) is 0 Å². The van der Waals surface area contributed by atoms with E-state index in [0.29, 0.717) is 0 Å². The zero-order valence-corrected chi connectivity index (χ0v) is 6.06. The van der Waals surface area contributed by atoms with Crippen molar-refractivity contribution in [3.05, 3.63) is 24.5 Å². The smallest absolute Gasteiger partial charge is 0.128 e. The van der Waals surface area contributed by atoms with Crippen LogP contribution in [0.5, 0.6) is 0 Å². The number of hydrogen-bond acceptors (Lipinski definition) is 2. The van der Waals surface area contributed by atoms with Crippen LogP contribution in [0.2, 0.25) is 0 Å². The third-order valence-corrected chi connectivity index (χ3v) is 2.28. The molecule has 46 valence electrons. The molecule has 2 radical (unpaired) electrons. The molecule has 0 aliphatic carbocycles. The lowest BCUT2D eigenvalue weighted by Gasteiger charge is -1.81.